The number of nitrogens with zero attached hydrogens (tertiary/aromatic N) is 3. The molecular formula is C22H26BF3N4O5S. The number of aromatic nitrogens is 2. The van der Waals surface area contributed by atoms with E-state index >= 15 is 0 Å². The number of amides is 2. The fourth-order valence-electron chi connectivity index (χ4n) is 3.13. The molecule has 0 fully saturated rings. The van der Waals surface area contributed by atoms with Crippen molar-refractivity contribution >= 4 is 53.4 Å². The van der Waals surface area contributed by atoms with Crippen LogP contribution in [0.5, 0.6) is 0 Å². The molecule has 1 aliphatic rings. The average molecular weight is 526 g/mol. The molecule has 0 spiro atoms. The lowest BCUT2D eigenvalue weighted by molar-refractivity contribution is -0.114. The first-order valence-electron chi connectivity index (χ1n) is 10.8. The van der Waals surface area contributed by atoms with Crippen LogP contribution in [-0.2, 0) is 16.0 Å². The van der Waals surface area contributed by atoms with E-state index in [9.17, 15) is 32.4 Å². The lowest BCUT2D eigenvalue weighted by Crippen LogP contribution is -2.34. The maximum atomic E-state index is 13.1. The SMILES string of the molecule is CC(=O)Nc1nc2c(s1)C(=O)C(=C(O)c1ccc(N(C)C(=O)OC(C)(C)C)nc1)CCC2.FB(F)F. The summed E-state index contributed by atoms with van der Waals surface area (Å²) >= 11 is 1.10. The highest BCUT2D eigenvalue weighted by atomic mass is 32.1. The molecule has 0 unspecified atom stereocenters. The minimum absolute atomic E-state index is 0.156. The quantitative estimate of drug-likeness (QED) is 0.243. The number of anilines is 2. The zero-order valence-corrected chi connectivity index (χ0v) is 21.2. The lowest BCUT2D eigenvalue weighted by atomic mass is 10.0. The molecule has 14 heteroatoms. The van der Waals surface area contributed by atoms with E-state index in [-0.39, 0.29) is 23.0 Å². The van der Waals surface area contributed by atoms with Crippen LogP contribution in [0.25, 0.3) is 5.76 Å². The van der Waals surface area contributed by atoms with Crippen molar-refractivity contribution in [3.63, 3.8) is 0 Å². The average Bonchev–Trinajstić information content (AvgIpc) is 3.09. The molecule has 1 aliphatic carbocycles. The van der Waals surface area contributed by atoms with Crippen molar-refractivity contribution in [2.75, 3.05) is 17.3 Å². The number of fused-ring (bicyclic) bond motifs is 1. The predicted octanol–water partition coefficient (Wildman–Crippen LogP) is 5.24. The molecular weight excluding hydrogens is 500 g/mol. The summed E-state index contributed by atoms with van der Waals surface area (Å²) in [5, 5.41) is 13.8. The summed E-state index contributed by atoms with van der Waals surface area (Å²) in [6.45, 7) is 6.70. The van der Waals surface area contributed by atoms with Gasteiger partial charge in [-0.3, -0.25) is 27.4 Å². The molecule has 2 N–H and O–H groups in total. The third kappa shape index (κ3) is 8.07. The highest BCUT2D eigenvalue weighted by Crippen LogP contribution is 2.34. The first-order chi connectivity index (χ1) is 16.7. The topological polar surface area (TPSA) is 122 Å². The highest BCUT2D eigenvalue weighted by molar-refractivity contribution is 7.18. The number of aryl methyl sites for hydroxylation is 1. The summed E-state index contributed by atoms with van der Waals surface area (Å²) in [4.78, 5) is 46.9. The first-order valence-corrected chi connectivity index (χ1v) is 11.6. The van der Waals surface area contributed by atoms with Gasteiger partial charge in [-0.15, -0.1) is 0 Å². The van der Waals surface area contributed by atoms with E-state index in [1.807, 2.05) is 0 Å². The van der Waals surface area contributed by atoms with Gasteiger partial charge in [-0.25, -0.2) is 14.8 Å². The second-order valence-electron chi connectivity index (χ2n) is 8.68. The van der Waals surface area contributed by atoms with Crippen LogP contribution in [-0.4, -0.2) is 53.1 Å². The number of nitrogens with one attached hydrogen (secondary N) is 1. The Kier molecular flexibility index (Phi) is 9.62. The molecule has 0 bridgehead atoms. The number of allylic oxidation sites excluding steroid dienone is 1. The second kappa shape index (κ2) is 12.0. The fraction of sp³-hybridized carbons (Fsp3) is 0.409. The summed E-state index contributed by atoms with van der Waals surface area (Å²) in [7, 11) is -2.12. The molecule has 0 radical (unpaired) electrons. The number of ether oxygens (including phenoxy) is 1. The van der Waals surface area contributed by atoms with Crippen LogP contribution in [0.15, 0.2) is 23.9 Å². The zero-order chi connectivity index (χ0) is 27.2. The maximum Gasteiger partial charge on any atom is 0.762 e. The zero-order valence-electron chi connectivity index (χ0n) is 20.4. The molecule has 0 saturated heterocycles. The van der Waals surface area contributed by atoms with Crippen LogP contribution in [0.4, 0.5) is 28.7 Å². The van der Waals surface area contributed by atoms with Crippen LogP contribution in [0, 0.1) is 0 Å². The van der Waals surface area contributed by atoms with E-state index in [0.29, 0.717) is 46.3 Å². The normalized spacial score (nSPS) is 14.5. The molecule has 0 aromatic carbocycles. The van der Waals surface area contributed by atoms with Gasteiger partial charge in [-0.2, -0.15) is 0 Å². The van der Waals surface area contributed by atoms with E-state index in [1.54, 1.807) is 40.0 Å². The van der Waals surface area contributed by atoms with Crippen molar-refractivity contribution in [2.24, 2.45) is 0 Å². The Bertz CT molecular complexity index is 1150. The van der Waals surface area contributed by atoms with Gasteiger partial charge in [0.2, 0.25) is 11.7 Å². The number of hydrogen-bond acceptors (Lipinski definition) is 8. The van der Waals surface area contributed by atoms with Crippen molar-refractivity contribution < 1.29 is 37.2 Å². The monoisotopic (exact) mass is 526 g/mol. The number of rotatable bonds is 3. The first kappa shape index (κ1) is 28.8. The van der Waals surface area contributed by atoms with E-state index in [2.05, 4.69) is 15.3 Å². The molecule has 0 aliphatic heterocycles. The van der Waals surface area contributed by atoms with Crippen molar-refractivity contribution in [3.05, 3.63) is 40.0 Å². The molecule has 2 aromatic rings. The number of hydrogen-bond donors (Lipinski definition) is 2. The highest BCUT2D eigenvalue weighted by Gasteiger charge is 2.28. The van der Waals surface area contributed by atoms with Crippen LogP contribution in [0.1, 0.15) is 61.5 Å². The third-order valence-electron chi connectivity index (χ3n) is 4.62. The van der Waals surface area contributed by atoms with Crippen molar-refractivity contribution in [3.8, 4) is 0 Å². The standard InChI is InChI=1S/C22H26N4O5S.BF3/c1-12(27)24-20-25-15-8-6-7-14(18(29)19(15)32-20)17(28)13-9-10-16(23-11-13)26(5)21(30)31-22(2,3)4;2-1(3)4/h9-11,28H,6-8H2,1-5H3,(H,24,25,27);. The molecule has 9 nitrogen and oxygen atoms in total. The second-order valence-corrected chi connectivity index (χ2v) is 9.68. The number of carbonyl (C=O) groups is 3. The summed E-state index contributed by atoms with van der Waals surface area (Å²) in [5.74, 6) is -0.379. The molecule has 0 saturated carbocycles. The summed E-state index contributed by atoms with van der Waals surface area (Å²) < 4.78 is 34.3. The minimum Gasteiger partial charge on any atom is -0.507 e. The van der Waals surface area contributed by atoms with Gasteiger partial charge in [0.25, 0.3) is 0 Å². The number of pyridine rings is 1. The number of carbonyl (C=O) groups excluding carboxylic acids is 3. The number of aliphatic hydroxyl groups excluding tert-OH is 1. The van der Waals surface area contributed by atoms with Crippen molar-refractivity contribution in [2.45, 2.75) is 52.6 Å². The Labute approximate surface area is 210 Å². The maximum absolute atomic E-state index is 13.1. The molecule has 0 atom stereocenters. The van der Waals surface area contributed by atoms with E-state index < -0.39 is 19.2 Å². The smallest absolute Gasteiger partial charge is 0.507 e. The Morgan fingerprint density at radius 1 is 1.22 bits per heavy atom. The van der Waals surface area contributed by atoms with Gasteiger partial charge >= 0.3 is 13.6 Å². The fourth-order valence-corrected chi connectivity index (χ4v) is 4.16. The molecule has 2 heterocycles. The van der Waals surface area contributed by atoms with Crippen LogP contribution in [0.3, 0.4) is 0 Å². The summed E-state index contributed by atoms with van der Waals surface area (Å²) in [5.41, 5.74) is 0.629. The Morgan fingerprint density at radius 3 is 2.39 bits per heavy atom. The van der Waals surface area contributed by atoms with Crippen molar-refractivity contribution in [1.82, 2.24) is 9.97 Å². The lowest BCUT2D eigenvalue weighted by Gasteiger charge is -2.24. The van der Waals surface area contributed by atoms with Crippen LogP contribution in [0.2, 0.25) is 0 Å². The number of halogens is 3. The van der Waals surface area contributed by atoms with Gasteiger partial charge in [0.1, 0.15) is 17.2 Å². The van der Waals surface area contributed by atoms with Crippen molar-refractivity contribution in [1.29, 1.82) is 0 Å². The molecule has 2 aromatic heterocycles. The Balaban J connectivity index is 0.00000106. The van der Waals surface area contributed by atoms with Gasteiger partial charge < -0.3 is 15.2 Å². The van der Waals surface area contributed by atoms with E-state index in [0.717, 1.165) is 11.3 Å². The number of Topliss-reactive ketones (excluding diaryl/α,β-unsaturated/α-hetero) is 1. The predicted molar refractivity (Wildman–Crippen MR) is 131 cm³/mol. The van der Waals surface area contributed by atoms with Gasteiger partial charge in [0, 0.05) is 31.3 Å². The molecule has 36 heavy (non-hydrogen) atoms. The van der Waals surface area contributed by atoms with Gasteiger partial charge in [-0.1, -0.05) is 11.3 Å². The molecule has 3 rings (SSSR count). The summed E-state index contributed by atoms with van der Waals surface area (Å²) in [6.07, 6.45) is 2.46. The summed E-state index contributed by atoms with van der Waals surface area (Å²) in [6, 6.07) is 3.17. The largest absolute Gasteiger partial charge is 0.762 e. The van der Waals surface area contributed by atoms with E-state index in [4.69, 9.17) is 4.74 Å². The van der Waals surface area contributed by atoms with Crippen LogP contribution >= 0.6 is 11.3 Å². The third-order valence-corrected chi connectivity index (χ3v) is 5.63. The Hall–Kier alpha value is -3.42. The number of ketones is 1. The van der Waals surface area contributed by atoms with E-state index in [1.165, 1.54) is 18.0 Å². The van der Waals surface area contributed by atoms with Gasteiger partial charge in [-0.05, 0) is 52.2 Å². The Morgan fingerprint density at radius 2 is 1.86 bits per heavy atom. The van der Waals surface area contributed by atoms with Gasteiger partial charge in [0.05, 0.1) is 10.6 Å². The number of thiazole rings is 1. The molecule has 194 valence electrons. The van der Waals surface area contributed by atoms with Gasteiger partial charge in [0.15, 0.2) is 5.13 Å². The van der Waals surface area contributed by atoms with Crippen LogP contribution < -0.4 is 10.2 Å². The number of aliphatic hydroxyl groups is 1. The minimum atomic E-state index is -3.67. The molecule has 2 amide bonds.